The van der Waals surface area contributed by atoms with Crippen molar-refractivity contribution >= 4 is 5.78 Å². The summed E-state index contributed by atoms with van der Waals surface area (Å²) in [6, 6.07) is 1.92. The lowest BCUT2D eigenvalue weighted by atomic mass is 10.1. The summed E-state index contributed by atoms with van der Waals surface area (Å²) in [7, 11) is 1.85. The summed E-state index contributed by atoms with van der Waals surface area (Å²) in [4.78, 5) is 11.8. The van der Waals surface area contributed by atoms with Crippen molar-refractivity contribution in [3.8, 4) is 0 Å². The van der Waals surface area contributed by atoms with E-state index in [1.807, 2.05) is 13.1 Å². The highest BCUT2D eigenvalue weighted by Crippen LogP contribution is 2.33. The zero-order valence-electron chi connectivity index (χ0n) is 8.79. The van der Waals surface area contributed by atoms with Crippen LogP contribution in [-0.4, -0.2) is 15.6 Å². The van der Waals surface area contributed by atoms with Crippen molar-refractivity contribution in [3.05, 3.63) is 17.5 Å². The average molecular weight is 192 g/mol. The lowest BCUT2D eigenvalue weighted by Gasteiger charge is -1.98. The molecule has 1 heterocycles. The largest absolute Gasteiger partial charge is 0.292 e. The molecule has 0 atom stereocenters. The third-order valence-electron chi connectivity index (χ3n) is 2.75. The highest BCUT2D eigenvalue weighted by molar-refractivity contribution is 5.94. The minimum Gasteiger partial charge on any atom is -0.292 e. The number of aromatic nitrogens is 2. The van der Waals surface area contributed by atoms with Gasteiger partial charge in [0.25, 0.3) is 0 Å². The quantitative estimate of drug-likeness (QED) is 0.683. The molecule has 0 bridgehead atoms. The fourth-order valence-corrected chi connectivity index (χ4v) is 1.65. The number of nitrogens with zero attached hydrogens (tertiary/aromatic N) is 2. The van der Waals surface area contributed by atoms with Gasteiger partial charge in [0.05, 0.1) is 5.69 Å². The molecule has 3 heteroatoms. The number of carbonyl (C=O) groups excluding carboxylic acids is 1. The monoisotopic (exact) mass is 192 g/mol. The van der Waals surface area contributed by atoms with Crippen LogP contribution in [0.15, 0.2) is 6.07 Å². The molecule has 0 N–H and O–H groups in total. The summed E-state index contributed by atoms with van der Waals surface area (Å²) in [5.74, 6) is 0.907. The molecule has 0 unspecified atom stereocenters. The summed E-state index contributed by atoms with van der Waals surface area (Å²) in [5, 5.41) is 4.27. The number of rotatable bonds is 4. The molecule has 2 rings (SSSR count). The van der Waals surface area contributed by atoms with Gasteiger partial charge < -0.3 is 0 Å². The average Bonchev–Trinajstić information content (AvgIpc) is 2.87. The first kappa shape index (κ1) is 9.44. The predicted octanol–water partition coefficient (Wildman–Crippen LogP) is 1.97. The molecule has 1 aromatic heterocycles. The van der Waals surface area contributed by atoms with Gasteiger partial charge in [-0.25, -0.2) is 0 Å². The molecule has 0 aromatic carbocycles. The Balaban J connectivity index is 2.12. The Labute approximate surface area is 84.1 Å². The van der Waals surface area contributed by atoms with E-state index in [-0.39, 0.29) is 5.78 Å². The number of hydrogen-bond donors (Lipinski definition) is 0. The van der Waals surface area contributed by atoms with Gasteiger partial charge in [0.15, 0.2) is 5.78 Å². The van der Waals surface area contributed by atoms with E-state index in [1.165, 1.54) is 12.8 Å². The smallest absolute Gasteiger partial charge is 0.181 e. The van der Waals surface area contributed by atoms with Gasteiger partial charge in [-0.15, -0.1) is 0 Å². The van der Waals surface area contributed by atoms with Crippen LogP contribution in [0.2, 0.25) is 0 Å². The van der Waals surface area contributed by atoms with E-state index in [0.29, 0.717) is 12.3 Å². The first-order valence-corrected chi connectivity index (χ1v) is 5.26. The molecule has 1 saturated carbocycles. The maximum Gasteiger partial charge on any atom is 0.181 e. The Kier molecular flexibility index (Phi) is 2.40. The van der Waals surface area contributed by atoms with Crippen LogP contribution in [0.25, 0.3) is 0 Å². The van der Waals surface area contributed by atoms with Crippen molar-refractivity contribution in [2.24, 2.45) is 13.0 Å². The third kappa shape index (κ3) is 1.86. The molecular formula is C11H16N2O. The lowest BCUT2D eigenvalue weighted by molar-refractivity contribution is 0.0967. The van der Waals surface area contributed by atoms with Crippen molar-refractivity contribution in [1.29, 1.82) is 0 Å². The van der Waals surface area contributed by atoms with Gasteiger partial charge in [-0.3, -0.25) is 9.48 Å². The topological polar surface area (TPSA) is 34.9 Å². The Morgan fingerprint density at radius 2 is 2.36 bits per heavy atom. The van der Waals surface area contributed by atoms with Crippen LogP contribution < -0.4 is 0 Å². The van der Waals surface area contributed by atoms with Crippen LogP contribution in [0.4, 0.5) is 0 Å². The van der Waals surface area contributed by atoms with Crippen molar-refractivity contribution in [2.45, 2.75) is 32.6 Å². The number of hydrogen-bond acceptors (Lipinski definition) is 2. The van der Waals surface area contributed by atoms with Crippen LogP contribution in [0, 0.1) is 5.92 Å². The number of carbonyl (C=O) groups is 1. The Bertz CT molecular complexity index is 350. The molecule has 1 aliphatic carbocycles. The molecule has 0 saturated heterocycles. The van der Waals surface area contributed by atoms with Gasteiger partial charge in [-0.1, -0.05) is 6.92 Å². The second-order valence-electron chi connectivity index (χ2n) is 4.07. The van der Waals surface area contributed by atoms with E-state index in [4.69, 9.17) is 0 Å². The van der Waals surface area contributed by atoms with Gasteiger partial charge in [0.1, 0.15) is 5.69 Å². The van der Waals surface area contributed by atoms with E-state index >= 15 is 0 Å². The minimum absolute atomic E-state index is 0.252. The highest BCUT2D eigenvalue weighted by atomic mass is 16.1. The van der Waals surface area contributed by atoms with E-state index in [9.17, 15) is 4.79 Å². The van der Waals surface area contributed by atoms with Crippen LogP contribution in [-0.2, 0) is 13.5 Å². The second-order valence-corrected chi connectivity index (χ2v) is 4.07. The van der Waals surface area contributed by atoms with Crippen molar-refractivity contribution in [1.82, 2.24) is 9.78 Å². The minimum atomic E-state index is 0.252. The fourth-order valence-electron chi connectivity index (χ4n) is 1.65. The molecule has 1 aliphatic rings. The zero-order valence-corrected chi connectivity index (χ0v) is 8.79. The van der Waals surface area contributed by atoms with Gasteiger partial charge in [-0.05, 0) is 31.2 Å². The standard InChI is InChI=1S/C11H16N2O/c1-3-9-7-10(13(2)12-9)11(14)6-8-4-5-8/h7-8H,3-6H2,1-2H3. The molecule has 3 nitrogen and oxygen atoms in total. The van der Waals surface area contributed by atoms with Crippen LogP contribution >= 0.6 is 0 Å². The summed E-state index contributed by atoms with van der Waals surface area (Å²) in [6.45, 7) is 2.05. The number of ketones is 1. The summed E-state index contributed by atoms with van der Waals surface area (Å²) < 4.78 is 1.71. The SMILES string of the molecule is CCc1cc(C(=O)CC2CC2)n(C)n1. The van der Waals surface area contributed by atoms with Crippen molar-refractivity contribution < 1.29 is 4.79 Å². The second kappa shape index (κ2) is 3.56. The Hall–Kier alpha value is -1.12. The van der Waals surface area contributed by atoms with Crippen LogP contribution in [0.3, 0.4) is 0 Å². The molecule has 0 aliphatic heterocycles. The van der Waals surface area contributed by atoms with E-state index < -0.39 is 0 Å². The summed E-state index contributed by atoms with van der Waals surface area (Å²) in [6.07, 6.45) is 4.06. The van der Waals surface area contributed by atoms with Gasteiger partial charge in [0, 0.05) is 13.5 Å². The maximum absolute atomic E-state index is 11.8. The Morgan fingerprint density at radius 3 is 2.86 bits per heavy atom. The van der Waals surface area contributed by atoms with Crippen molar-refractivity contribution in [3.63, 3.8) is 0 Å². The normalized spacial score (nSPS) is 15.9. The van der Waals surface area contributed by atoms with Crippen molar-refractivity contribution in [2.75, 3.05) is 0 Å². The Morgan fingerprint density at radius 1 is 1.64 bits per heavy atom. The van der Waals surface area contributed by atoms with Crippen LogP contribution in [0.1, 0.15) is 42.4 Å². The van der Waals surface area contributed by atoms with E-state index in [0.717, 1.165) is 17.8 Å². The highest BCUT2D eigenvalue weighted by Gasteiger charge is 2.26. The fraction of sp³-hybridized carbons (Fsp3) is 0.636. The molecule has 1 aromatic rings. The van der Waals surface area contributed by atoms with Crippen LogP contribution in [0.5, 0.6) is 0 Å². The molecule has 0 radical (unpaired) electrons. The molecule has 14 heavy (non-hydrogen) atoms. The molecular weight excluding hydrogens is 176 g/mol. The lowest BCUT2D eigenvalue weighted by Crippen LogP contribution is -2.07. The molecule has 0 spiro atoms. The maximum atomic E-state index is 11.8. The third-order valence-corrected chi connectivity index (χ3v) is 2.75. The van der Waals surface area contributed by atoms with Gasteiger partial charge in [0.2, 0.25) is 0 Å². The number of aryl methyl sites for hydroxylation is 2. The summed E-state index contributed by atoms with van der Waals surface area (Å²) >= 11 is 0. The first-order chi connectivity index (χ1) is 6.70. The summed E-state index contributed by atoms with van der Waals surface area (Å²) in [5.41, 5.74) is 1.78. The van der Waals surface area contributed by atoms with E-state index in [2.05, 4.69) is 12.0 Å². The molecule has 1 fully saturated rings. The van der Waals surface area contributed by atoms with Gasteiger partial charge in [-0.2, -0.15) is 5.10 Å². The zero-order chi connectivity index (χ0) is 10.1. The number of Topliss-reactive ketones (excluding diaryl/α,β-unsaturated/α-hetero) is 1. The van der Waals surface area contributed by atoms with Gasteiger partial charge >= 0.3 is 0 Å². The predicted molar refractivity (Wildman–Crippen MR) is 54.3 cm³/mol. The first-order valence-electron chi connectivity index (χ1n) is 5.26. The molecule has 0 amide bonds. The van der Waals surface area contributed by atoms with E-state index in [1.54, 1.807) is 4.68 Å². The molecule has 76 valence electrons.